The molecule has 0 fully saturated rings. The molecule has 2 aromatic carbocycles. The van der Waals surface area contributed by atoms with Crippen molar-refractivity contribution in [3.05, 3.63) is 93.9 Å². The Labute approximate surface area is 201 Å². The molecule has 9 heteroatoms. The Morgan fingerprint density at radius 2 is 1.48 bits per heavy atom. The van der Waals surface area contributed by atoms with Crippen molar-refractivity contribution in [3.8, 4) is 23.0 Å². The smallest absolute Gasteiger partial charge is 0.336 e. The third kappa shape index (κ3) is 6.16. The molecule has 7 nitrogen and oxygen atoms in total. The minimum absolute atomic E-state index is 0.131. The fourth-order valence-electron chi connectivity index (χ4n) is 3.23. The number of aromatic hydroxyl groups is 1. The lowest BCUT2D eigenvalue weighted by atomic mass is 10.1. The number of hydrogen-bond acceptors (Lipinski definition) is 7. The number of phenolic OH excluding ortho intramolecular Hbond substituents is 1. The molecule has 0 bridgehead atoms. The molecule has 0 aliphatic rings. The summed E-state index contributed by atoms with van der Waals surface area (Å²) in [7, 11) is 2.09. The first kappa shape index (κ1) is 22.9. The van der Waals surface area contributed by atoms with Gasteiger partial charge in [0.05, 0.1) is 16.2 Å². The highest BCUT2D eigenvalue weighted by Crippen LogP contribution is 2.35. The zero-order chi connectivity index (χ0) is 23.2. The van der Waals surface area contributed by atoms with Gasteiger partial charge in [-0.25, -0.2) is 4.98 Å². The quantitative estimate of drug-likeness (QED) is 0.372. The van der Waals surface area contributed by atoms with Crippen LogP contribution in [0.25, 0.3) is 11.3 Å². The Morgan fingerprint density at radius 3 is 2.09 bits per heavy atom. The van der Waals surface area contributed by atoms with E-state index in [9.17, 15) is 5.11 Å². The van der Waals surface area contributed by atoms with Gasteiger partial charge in [-0.05, 0) is 48.0 Å². The second-order valence-electron chi connectivity index (χ2n) is 7.55. The molecule has 0 aliphatic carbocycles. The van der Waals surface area contributed by atoms with Gasteiger partial charge in [0.15, 0.2) is 5.75 Å². The van der Waals surface area contributed by atoms with Gasteiger partial charge >= 0.3 is 6.01 Å². The van der Waals surface area contributed by atoms with Gasteiger partial charge in [-0.3, -0.25) is 9.88 Å². The van der Waals surface area contributed by atoms with Gasteiger partial charge in [-0.1, -0.05) is 52.6 Å². The maximum absolute atomic E-state index is 9.68. The van der Waals surface area contributed by atoms with Gasteiger partial charge in [-0.15, -0.1) is 5.10 Å². The zero-order valence-corrected chi connectivity index (χ0v) is 19.3. The van der Waals surface area contributed by atoms with Crippen molar-refractivity contribution in [2.75, 3.05) is 7.05 Å². The number of aromatic nitrogens is 4. The van der Waals surface area contributed by atoms with Crippen molar-refractivity contribution in [2.45, 2.75) is 19.7 Å². The summed E-state index contributed by atoms with van der Waals surface area (Å²) in [5, 5.41) is 18.1. The summed E-state index contributed by atoms with van der Waals surface area (Å²) in [6.07, 6.45) is 5.13. The van der Waals surface area contributed by atoms with Crippen molar-refractivity contribution in [1.29, 1.82) is 0 Å². The molecule has 0 amide bonds. The lowest BCUT2D eigenvalue weighted by molar-refractivity contribution is 0.276. The van der Waals surface area contributed by atoms with Gasteiger partial charge in [-0.2, -0.15) is 0 Å². The number of benzene rings is 2. The number of ether oxygens (including phenoxy) is 1. The number of nitrogens with zero attached hydrogens (tertiary/aromatic N) is 5. The fraction of sp³-hybridized carbons (Fsp3) is 0.167. The van der Waals surface area contributed by atoms with Crippen molar-refractivity contribution in [1.82, 2.24) is 25.1 Å². The minimum atomic E-state index is -0.172. The molecule has 2 heterocycles. The van der Waals surface area contributed by atoms with E-state index in [1.165, 1.54) is 17.3 Å². The first-order valence-corrected chi connectivity index (χ1v) is 10.9. The zero-order valence-electron chi connectivity index (χ0n) is 17.8. The average Bonchev–Trinajstić information content (AvgIpc) is 2.83. The van der Waals surface area contributed by atoms with E-state index in [4.69, 9.17) is 27.9 Å². The highest BCUT2D eigenvalue weighted by atomic mass is 35.5. The highest BCUT2D eigenvalue weighted by Gasteiger charge is 2.11. The number of rotatable bonds is 8. The standard InChI is InChI=1S/C24H21Cl2N5O2/c1-31(14-17-6-8-27-9-7-17)13-16-2-4-18(5-3-16)15-33-24-28-12-22(29-30-24)19-10-20(25)23(32)21(26)11-19/h2-12,32H,13-15H2,1H3. The summed E-state index contributed by atoms with van der Waals surface area (Å²) < 4.78 is 5.66. The average molecular weight is 482 g/mol. The lowest BCUT2D eigenvalue weighted by Gasteiger charge is -2.17. The Hall–Kier alpha value is -3.26. The van der Waals surface area contributed by atoms with Crippen molar-refractivity contribution >= 4 is 23.2 Å². The largest absolute Gasteiger partial charge is 0.505 e. The normalized spacial score (nSPS) is 11.0. The van der Waals surface area contributed by atoms with E-state index in [0.29, 0.717) is 17.9 Å². The van der Waals surface area contributed by atoms with Crippen LogP contribution in [0.4, 0.5) is 0 Å². The number of pyridine rings is 1. The van der Waals surface area contributed by atoms with Crippen LogP contribution in [-0.4, -0.2) is 37.2 Å². The summed E-state index contributed by atoms with van der Waals surface area (Å²) in [5.41, 5.74) is 4.50. The van der Waals surface area contributed by atoms with E-state index >= 15 is 0 Å². The summed E-state index contributed by atoms with van der Waals surface area (Å²) in [5.74, 6) is -0.172. The SMILES string of the molecule is CN(Cc1ccncc1)Cc1ccc(COc2ncc(-c3cc(Cl)c(O)c(Cl)c3)nn2)cc1. The van der Waals surface area contributed by atoms with Crippen LogP contribution in [0.2, 0.25) is 10.0 Å². The first-order chi connectivity index (χ1) is 16.0. The van der Waals surface area contributed by atoms with Gasteiger partial charge in [0.25, 0.3) is 0 Å². The molecule has 1 N–H and O–H groups in total. The summed E-state index contributed by atoms with van der Waals surface area (Å²) in [4.78, 5) is 10.5. The molecular weight excluding hydrogens is 461 g/mol. The Bertz CT molecular complexity index is 1180. The Balaban J connectivity index is 1.31. The number of phenols is 1. The molecule has 0 radical (unpaired) electrons. The third-order valence-electron chi connectivity index (χ3n) is 4.90. The molecule has 4 aromatic rings. The molecule has 0 spiro atoms. The topological polar surface area (TPSA) is 84.3 Å². The van der Waals surface area contributed by atoms with Crippen molar-refractivity contribution < 1.29 is 9.84 Å². The predicted molar refractivity (Wildman–Crippen MR) is 127 cm³/mol. The maximum atomic E-state index is 9.68. The lowest BCUT2D eigenvalue weighted by Crippen LogP contribution is -2.17. The van der Waals surface area contributed by atoms with E-state index in [1.54, 1.807) is 12.1 Å². The molecular formula is C24H21Cl2N5O2. The van der Waals surface area contributed by atoms with E-state index < -0.39 is 0 Å². The first-order valence-electron chi connectivity index (χ1n) is 10.1. The predicted octanol–water partition coefficient (Wildman–Crippen LogP) is 5.16. The van der Waals surface area contributed by atoms with E-state index in [1.807, 2.05) is 36.7 Å². The van der Waals surface area contributed by atoms with Gasteiger partial charge in [0, 0.05) is 31.0 Å². The number of halogens is 2. The van der Waals surface area contributed by atoms with Gasteiger partial charge < -0.3 is 9.84 Å². The summed E-state index contributed by atoms with van der Waals surface area (Å²) >= 11 is 11.9. The molecule has 4 rings (SSSR count). The van der Waals surface area contributed by atoms with Crippen LogP contribution in [0.15, 0.2) is 67.1 Å². The van der Waals surface area contributed by atoms with Crippen LogP contribution < -0.4 is 4.74 Å². The Morgan fingerprint density at radius 1 is 0.879 bits per heavy atom. The number of hydrogen-bond donors (Lipinski definition) is 1. The third-order valence-corrected chi connectivity index (χ3v) is 5.47. The van der Waals surface area contributed by atoms with Gasteiger partial charge in [0.1, 0.15) is 12.3 Å². The van der Waals surface area contributed by atoms with Gasteiger partial charge in [0.2, 0.25) is 0 Å². The monoisotopic (exact) mass is 481 g/mol. The van der Waals surface area contributed by atoms with Crippen LogP contribution >= 0.6 is 23.2 Å². The molecule has 2 aromatic heterocycles. The second-order valence-corrected chi connectivity index (χ2v) is 8.36. The fourth-order valence-corrected chi connectivity index (χ4v) is 3.72. The molecule has 0 saturated carbocycles. The second kappa shape index (κ2) is 10.6. The van der Waals surface area contributed by atoms with Crippen molar-refractivity contribution in [2.24, 2.45) is 0 Å². The molecule has 0 saturated heterocycles. The minimum Gasteiger partial charge on any atom is -0.505 e. The molecule has 33 heavy (non-hydrogen) atoms. The van der Waals surface area contributed by atoms with Crippen LogP contribution in [0.1, 0.15) is 16.7 Å². The highest BCUT2D eigenvalue weighted by molar-refractivity contribution is 6.37. The molecule has 0 aliphatic heterocycles. The van der Waals surface area contributed by atoms with Crippen LogP contribution in [0.3, 0.4) is 0 Å². The summed E-state index contributed by atoms with van der Waals surface area (Å²) in [6.45, 7) is 2.02. The van der Waals surface area contributed by atoms with Crippen LogP contribution in [0, 0.1) is 0 Å². The van der Waals surface area contributed by atoms with E-state index in [0.717, 1.165) is 18.7 Å². The molecule has 0 atom stereocenters. The molecule has 0 unspecified atom stereocenters. The van der Waals surface area contributed by atoms with Crippen LogP contribution in [-0.2, 0) is 19.7 Å². The Kier molecular flexibility index (Phi) is 7.34. The van der Waals surface area contributed by atoms with E-state index in [-0.39, 0.29) is 21.8 Å². The maximum Gasteiger partial charge on any atom is 0.336 e. The van der Waals surface area contributed by atoms with E-state index in [2.05, 4.69) is 44.2 Å². The van der Waals surface area contributed by atoms with Crippen LogP contribution in [0.5, 0.6) is 11.8 Å². The molecule has 168 valence electrons. The van der Waals surface area contributed by atoms with Crippen molar-refractivity contribution in [3.63, 3.8) is 0 Å². The summed E-state index contributed by atoms with van der Waals surface area (Å²) in [6, 6.07) is 15.5.